The topological polar surface area (TPSA) is 100 Å². The smallest absolute Gasteiger partial charge is 0.223 e. The molecule has 2 heterocycles. The quantitative estimate of drug-likeness (QED) is 0.507. The maximum absolute atomic E-state index is 11.8. The molecule has 0 aliphatic rings. The van der Waals surface area contributed by atoms with Crippen molar-refractivity contribution in [3.05, 3.63) is 70.8 Å². The SMILES string of the molecule is COc1ccc(-n2cc(O)c(=O)cc2C(C)O)cc1-c1cccc2[nH]ncc12. The number of rotatable bonds is 4. The van der Waals surface area contributed by atoms with Crippen LogP contribution in [0.5, 0.6) is 11.5 Å². The molecular weight excluding hydrogens is 358 g/mol. The third-order valence-corrected chi connectivity index (χ3v) is 4.73. The number of aromatic amines is 1. The second-order valence-electron chi connectivity index (χ2n) is 6.52. The Bertz CT molecular complexity index is 1220. The van der Waals surface area contributed by atoms with Gasteiger partial charge in [0.2, 0.25) is 5.43 Å². The zero-order valence-corrected chi connectivity index (χ0v) is 15.4. The van der Waals surface area contributed by atoms with Crippen LogP contribution in [0.25, 0.3) is 27.7 Å². The maximum atomic E-state index is 11.8. The third kappa shape index (κ3) is 2.91. The molecule has 1 atom stereocenters. The van der Waals surface area contributed by atoms with Gasteiger partial charge < -0.3 is 19.5 Å². The average Bonchev–Trinajstić information content (AvgIpc) is 3.18. The lowest BCUT2D eigenvalue weighted by Crippen LogP contribution is -2.13. The Morgan fingerprint density at radius 1 is 1.18 bits per heavy atom. The van der Waals surface area contributed by atoms with E-state index in [0.29, 0.717) is 17.1 Å². The van der Waals surface area contributed by atoms with Crippen LogP contribution < -0.4 is 10.2 Å². The summed E-state index contributed by atoms with van der Waals surface area (Å²) in [4.78, 5) is 11.8. The predicted octanol–water partition coefficient (Wildman–Crippen LogP) is 3.15. The number of ether oxygens (including phenoxy) is 1. The van der Waals surface area contributed by atoms with Crippen molar-refractivity contribution in [3.8, 4) is 28.3 Å². The maximum Gasteiger partial charge on any atom is 0.223 e. The van der Waals surface area contributed by atoms with Crippen LogP contribution in [0.4, 0.5) is 0 Å². The summed E-state index contributed by atoms with van der Waals surface area (Å²) in [7, 11) is 1.60. The Hall–Kier alpha value is -3.58. The summed E-state index contributed by atoms with van der Waals surface area (Å²) in [5, 5.41) is 28.0. The first-order valence-electron chi connectivity index (χ1n) is 8.74. The van der Waals surface area contributed by atoms with Crippen LogP contribution in [0.15, 0.2) is 59.7 Å². The number of aromatic hydroxyl groups is 1. The Kier molecular flexibility index (Phi) is 4.37. The standard InChI is InChI=1S/C21H19N3O4/c1-12(25)18-9-19(26)20(27)11-24(18)13-6-7-21(28-2)15(8-13)14-4-3-5-17-16(14)10-22-23-17/h3-12,25,27H,1-2H3,(H,22,23). The van der Waals surface area contributed by atoms with E-state index in [1.807, 2.05) is 30.3 Å². The summed E-state index contributed by atoms with van der Waals surface area (Å²) in [5.41, 5.74) is 3.15. The number of benzene rings is 2. The van der Waals surface area contributed by atoms with Crippen LogP contribution in [-0.2, 0) is 0 Å². The second-order valence-corrected chi connectivity index (χ2v) is 6.52. The molecule has 0 saturated heterocycles. The number of fused-ring (bicyclic) bond motifs is 1. The van der Waals surface area contributed by atoms with E-state index in [4.69, 9.17) is 4.74 Å². The predicted molar refractivity (Wildman–Crippen MR) is 106 cm³/mol. The fourth-order valence-electron chi connectivity index (χ4n) is 3.34. The molecule has 0 radical (unpaired) electrons. The van der Waals surface area contributed by atoms with E-state index in [0.717, 1.165) is 22.0 Å². The number of H-pyrrole nitrogens is 1. The molecule has 2 aromatic heterocycles. The van der Waals surface area contributed by atoms with Crippen molar-refractivity contribution in [1.29, 1.82) is 0 Å². The highest BCUT2D eigenvalue weighted by atomic mass is 16.5. The molecule has 3 N–H and O–H groups in total. The van der Waals surface area contributed by atoms with Gasteiger partial charge in [-0.3, -0.25) is 9.89 Å². The van der Waals surface area contributed by atoms with Gasteiger partial charge in [-0.2, -0.15) is 5.10 Å². The zero-order valence-electron chi connectivity index (χ0n) is 15.4. The fourth-order valence-corrected chi connectivity index (χ4v) is 3.34. The average molecular weight is 377 g/mol. The van der Waals surface area contributed by atoms with Gasteiger partial charge in [0.1, 0.15) is 5.75 Å². The Labute approximate surface area is 160 Å². The lowest BCUT2D eigenvalue weighted by atomic mass is 10.00. The van der Waals surface area contributed by atoms with Crippen LogP contribution in [0.3, 0.4) is 0 Å². The van der Waals surface area contributed by atoms with Crippen molar-refractivity contribution < 1.29 is 14.9 Å². The van der Waals surface area contributed by atoms with Crippen molar-refractivity contribution in [2.45, 2.75) is 13.0 Å². The summed E-state index contributed by atoms with van der Waals surface area (Å²) in [6.07, 6.45) is 2.17. The highest BCUT2D eigenvalue weighted by Crippen LogP contribution is 2.36. The molecule has 2 aromatic carbocycles. The molecule has 0 aliphatic carbocycles. The molecule has 28 heavy (non-hydrogen) atoms. The van der Waals surface area contributed by atoms with Gasteiger partial charge in [0.05, 0.1) is 36.8 Å². The third-order valence-electron chi connectivity index (χ3n) is 4.73. The molecule has 0 bridgehead atoms. The van der Waals surface area contributed by atoms with Gasteiger partial charge in [0, 0.05) is 22.7 Å². The highest BCUT2D eigenvalue weighted by Gasteiger charge is 2.16. The van der Waals surface area contributed by atoms with Gasteiger partial charge in [-0.05, 0) is 36.8 Å². The minimum Gasteiger partial charge on any atom is -0.503 e. The first-order chi connectivity index (χ1) is 13.5. The largest absolute Gasteiger partial charge is 0.503 e. The Balaban J connectivity index is 1.98. The first-order valence-corrected chi connectivity index (χ1v) is 8.74. The number of hydrogen-bond acceptors (Lipinski definition) is 5. The van der Waals surface area contributed by atoms with E-state index in [9.17, 15) is 15.0 Å². The number of aromatic nitrogens is 3. The second kappa shape index (κ2) is 6.86. The number of hydrogen-bond donors (Lipinski definition) is 3. The number of aliphatic hydroxyl groups is 1. The Morgan fingerprint density at radius 3 is 2.75 bits per heavy atom. The van der Waals surface area contributed by atoms with Gasteiger partial charge in [-0.1, -0.05) is 12.1 Å². The number of nitrogens with one attached hydrogen (secondary N) is 1. The molecule has 0 fully saturated rings. The lowest BCUT2D eigenvalue weighted by Gasteiger charge is -2.18. The molecule has 4 aromatic rings. The highest BCUT2D eigenvalue weighted by molar-refractivity contribution is 5.96. The molecule has 0 amide bonds. The van der Waals surface area contributed by atoms with Crippen molar-refractivity contribution in [1.82, 2.24) is 14.8 Å². The van der Waals surface area contributed by atoms with Crippen LogP contribution in [0.2, 0.25) is 0 Å². The monoisotopic (exact) mass is 377 g/mol. The van der Waals surface area contributed by atoms with Crippen molar-refractivity contribution in [3.63, 3.8) is 0 Å². The zero-order chi connectivity index (χ0) is 19.8. The fraction of sp³-hybridized carbons (Fsp3) is 0.143. The minimum atomic E-state index is -0.892. The summed E-state index contributed by atoms with van der Waals surface area (Å²) in [5.74, 6) is 0.278. The van der Waals surface area contributed by atoms with Gasteiger partial charge in [0.15, 0.2) is 5.75 Å². The van der Waals surface area contributed by atoms with Gasteiger partial charge in [-0.25, -0.2) is 0 Å². The number of pyridine rings is 1. The molecule has 0 spiro atoms. The summed E-state index contributed by atoms with van der Waals surface area (Å²) >= 11 is 0. The molecule has 4 rings (SSSR count). The van der Waals surface area contributed by atoms with Gasteiger partial charge in [-0.15, -0.1) is 0 Å². The molecule has 7 heteroatoms. The van der Waals surface area contributed by atoms with E-state index >= 15 is 0 Å². The number of nitrogens with zero attached hydrogens (tertiary/aromatic N) is 2. The van der Waals surface area contributed by atoms with Crippen molar-refractivity contribution in [2.24, 2.45) is 0 Å². The minimum absolute atomic E-state index is 0.375. The summed E-state index contributed by atoms with van der Waals surface area (Å²) in [6, 6.07) is 12.6. The van der Waals surface area contributed by atoms with E-state index in [-0.39, 0.29) is 0 Å². The van der Waals surface area contributed by atoms with Crippen LogP contribution in [0.1, 0.15) is 18.7 Å². The van der Waals surface area contributed by atoms with Gasteiger partial charge >= 0.3 is 0 Å². The molecule has 0 saturated carbocycles. The van der Waals surface area contributed by atoms with E-state index in [1.54, 1.807) is 30.9 Å². The van der Waals surface area contributed by atoms with E-state index < -0.39 is 17.3 Å². The van der Waals surface area contributed by atoms with Crippen molar-refractivity contribution >= 4 is 10.9 Å². The number of aliphatic hydroxyl groups excluding tert-OH is 1. The summed E-state index contributed by atoms with van der Waals surface area (Å²) in [6.45, 7) is 1.57. The van der Waals surface area contributed by atoms with Crippen molar-refractivity contribution in [2.75, 3.05) is 7.11 Å². The van der Waals surface area contributed by atoms with Gasteiger partial charge in [0.25, 0.3) is 0 Å². The molecule has 7 nitrogen and oxygen atoms in total. The molecule has 142 valence electrons. The Morgan fingerprint density at radius 2 is 2.00 bits per heavy atom. The van der Waals surface area contributed by atoms with Crippen LogP contribution >= 0.6 is 0 Å². The lowest BCUT2D eigenvalue weighted by molar-refractivity contribution is 0.191. The first kappa shape index (κ1) is 17.8. The summed E-state index contributed by atoms with van der Waals surface area (Å²) < 4.78 is 7.15. The molecular formula is C21H19N3O4. The molecule has 1 unspecified atom stereocenters. The molecule has 0 aliphatic heterocycles. The van der Waals surface area contributed by atoms with E-state index in [1.165, 1.54) is 12.3 Å². The van der Waals surface area contributed by atoms with Crippen LogP contribution in [-0.4, -0.2) is 32.1 Å². The normalized spacial score (nSPS) is 12.2. The van der Waals surface area contributed by atoms with Crippen LogP contribution in [0, 0.1) is 0 Å². The van der Waals surface area contributed by atoms with E-state index in [2.05, 4.69) is 10.2 Å². The number of methoxy groups -OCH3 is 1.